The largest absolute Gasteiger partial charge is 0.437 e. The van der Waals surface area contributed by atoms with Gasteiger partial charge in [0.2, 0.25) is 11.1 Å². The minimum atomic E-state index is -0.156. The van der Waals surface area contributed by atoms with E-state index in [1.165, 1.54) is 0 Å². The number of pyridine rings is 1. The Labute approximate surface area is 133 Å². The fourth-order valence-corrected chi connectivity index (χ4v) is 2.64. The molecule has 0 aliphatic rings. The van der Waals surface area contributed by atoms with E-state index in [9.17, 15) is 9.59 Å². The quantitative estimate of drug-likeness (QED) is 0.550. The lowest BCUT2D eigenvalue weighted by molar-refractivity contribution is 0.0957. The summed E-state index contributed by atoms with van der Waals surface area (Å²) in [7, 11) is 3.65. The van der Waals surface area contributed by atoms with Crippen molar-refractivity contribution in [1.82, 2.24) is 9.88 Å². The number of carbonyl (C=O) groups is 1. The maximum Gasteiger partial charge on any atom is 0.230 e. The highest BCUT2D eigenvalue weighted by atomic mass is 16.3. The first kappa shape index (κ1) is 15.4. The molecule has 0 unspecified atom stereocenters. The summed E-state index contributed by atoms with van der Waals surface area (Å²) >= 11 is 0. The lowest BCUT2D eigenvalue weighted by atomic mass is 10.1. The number of aryl methyl sites for hydroxylation is 2. The van der Waals surface area contributed by atoms with E-state index in [0.717, 1.165) is 5.56 Å². The Balaban J connectivity index is 2.29. The third-order valence-corrected chi connectivity index (χ3v) is 3.77. The van der Waals surface area contributed by atoms with E-state index >= 15 is 0 Å². The summed E-state index contributed by atoms with van der Waals surface area (Å²) in [5, 5.41) is 0.852. The first-order valence-corrected chi connectivity index (χ1v) is 7.39. The van der Waals surface area contributed by atoms with Gasteiger partial charge >= 0.3 is 0 Å². The number of aromatic nitrogens is 1. The number of hydrogen-bond donors (Lipinski definition) is 0. The van der Waals surface area contributed by atoms with Gasteiger partial charge in [-0.3, -0.25) is 9.59 Å². The van der Waals surface area contributed by atoms with Crippen molar-refractivity contribution in [2.75, 3.05) is 20.6 Å². The number of likely N-dealkylation sites (N-methyl/N-ethyl adjacent to an activating group) is 1. The molecule has 2 aromatic heterocycles. The number of benzene rings is 1. The van der Waals surface area contributed by atoms with Crippen molar-refractivity contribution in [2.24, 2.45) is 0 Å². The van der Waals surface area contributed by atoms with Crippen LogP contribution in [0.2, 0.25) is 0 Å². The second-order valence-corrected chi connectivity index (χ2v) is 6.07. The van der Waals surface area contributed by atoms with Crippen LogP contribution in [0.15, 0.2) is 33.5 Å². The van der Waals surface area contributed by atoms with Crippen LogP contribution < -0.4 is 5.43 Å². The molecule has 3 rings (SSSR count). The zero-order valence-electron chi connectivity index (χ0n) is 13.6. The van der Waals surface area contributed by atoms with Crippen LogP contribution in [0.4, 0.5) is 0 Å². The summed E-state index contributed by atoms with van der Waals surface area (Å²) in [5.74, 6) is -0.0642. The van der Waals surface area contributed by atoms with Crippen molar-refractivity contribution in [1.29, 1.82) is 0 Å². The molecule has 0 aliphatic heterocycles. The molecular formula is C18H18N2O3. The van der Waals surface area contributed by atoms with E-state index in [1.54, 1.807) is 30.0 Å². The molecule has 5 nitrogen and oxygen atoms in total. The second kappa shape index (κ2) is 5.59. The lowest BCUT2D eigenvalue weighted by Crippen LogP contribution is -2.22. The number of Topliss-reactive ketones (excluding diaryl/α,β-unsaturated/α-hetero) is 1. The Bertz CT molecular complexity index is 987. The Morgan fingerprint density at radius 3 is 2.61 bits per heavy atom. The van der Waals surface area contributed by atoms with Gasteiger partial charge in [-0.2, -0.15) is 0 Å². The van der Waals surface area contributed by atoms with Crippen LogP contribution in [0.3, 0.4) is 0 Å². The Kier molecular flexibility index (Phi) is 3.74. The molecule has 0 N–H and O–H groups in total. The summed E-state index contributed by atoms with van der Waals surface area (Å²) < 4.78 is 5.75. The maximum absolute atomic E-state index is 12.7. The van der Waals surface area contributed by atoms with Gasteiger partial charge in [-0.05, 0) is 46.1 Å². The summed E-state index contributed by atoms with van der Waals surface area (Å²) in [6.07, 6.45) is 0. The topological polar surface area (TPSA) is 63.4 Å². The summed E-state index contributed by atoms with van der Waals surface area (Å²) in [4.78, 5) is 31.2. The number of hydrogen-bond acceptors (Lipinski definition) is 5. The van der Waals surface area contributed by atoms with E-state index < -0.39 is 0 Å². The Hall–Kier alpha value is -2.53. The molecule has 118 valence electrons. The molecule has 0 bridgehead atoms. The van der Waals surface area contributed by atoms with Crippen molar-refractivity contribution < 1.29 is 9.21 Å². The van der Waals surface area contributed by atoms with E-state index in [-0.39, 0.29) is 23.5 Å². The van der Waals surface area contributed by atoms with Gasteiger partial charge in [-0.15, -0.1) is 0 Å². The van der Waals surface area contributed by atoms with Crippen LogP contribution in [0.1, 0.15) is 21.6 Å². The number of fused-ring (bicyclic) bond motifs is 2. The smallest absolute Gasteiger partial charge is 0.230 e. The van der Waals surface area contributed by atoms with Crippen LogP contribution in [-0.4, -0.2) is 36.3 Å². The molecule has 1 aromatic carbocycles. The van der Waals surface area contributed by atoms with Crippen LogP contribution in [0.5, 0.6) is 0 Å². The number of rotatable bonds is 3. The minimum Gasteiger partial charge on any atom is -0.437 e. The number of ketones is 1. The highest BCUT2D eigenvalue weighted by Gasteiger charge is 2.16. The fraction of sp³-hybridized carbons (Fsp3) is 0.278. The lowest BCUT2D eigenvalue weighted by Gasteiger charge is -2.10. The van der Waals surface area contributed by atoms with E-state index in [0.29, 0.717) is 27.6 Å². The van der Waals surface area contributed by atoms with Crippen LogP contribution >= 0.6 is 0 Å². The van der Waals surface area contributed by atoms with Gasteiger partial charge in [0.25, 0.3) is 0 Å². The van der Waals surface area contributed by atoms with Crippen molar-refractivity contribution in [3.63, 3.8) is 0 Å². The van der Waals surface area contributed by atoms with Gasteiger partial charge in [-0.25, -0.2) is 4.98 Å². The van der Waals surface area contributed by atoms with Gasteiger partial charge in [0.05, 0.1) is 23.0 Å². The zero-order chi connectivity index (χ0) is 16.7. The van der Waals surface area contributed by atoms with Gasteiger partial charge in [0.1, 0.15) is 5.58 Å². The highest BCUT2D eigenvalue weighted by Crippen LogP contribution is 2.20. The van der Waals surface area contributed by atoms with E-state index in [2.05, 4.69) is 4.98 Å². The Morgan fingerprint density at radius 2 is 1.91 bits per heavy atom. The fourth-order valence-electron chi connectivity index (χ4n) is 2.64. The van der Waals surface area contributed by atoms with Crippen molar-refractivity contribution in [3.05, 3.63) is 51.3 Å². The first-order chi connectivity index (χ1) is 10.9. The van der Waals surface area contributed by atoms with Crippen molar-refractivity contribution in [2.45, 2.75) is 13.8 Å². The molecule has 5 heteroatoms. The third-order valence-electron chi connectivity index (χ3n) is 3.77. The van der Waals surface area contributed by atoms with E-state index in [4.69, 9.17) is 4.42 Å². The number of nitrogens with zero attached hydrogens (tertiary/aromatic N) is 2. The van der Waals surface area contributed by atoms with Crippen LogP contribution in [0, 0.1) is 13.8 Å². The molecule has 0 saturated carbocycles. The molecule has 3 aromatic rings. The molecule has 0 fully saturated rings. The van der Waals surface area contributed by atoms with Gasteiger partial charge < -0.3 is 9.32 Å². The minimum absolute atomic E-state index is 0.0642. The molecular weight excluding hydrogens is 292 g/mol. The molecule has 0 atom stereocenters. The summed E-state index contributed by atoms with van der Waals surface area (Å²) in [5.41, 5.74) is 2.63. The predicted octanol–water partition coefficient (Wildman–Crippen LogP) is 2.70. The number of carbonyl (C=O) groups excluding carboxylic acids is 1. The van der Waals surface area contributed by atoms with Crippen LogP contribution in [-0.2, 0) is 0 Å². The van der Waals surface area contributed by atoms with E-state index in [1.807, 2.05) is 27.1 Å². The summed E-state index contributed by atoms with van der Waals surface area (Å²) in [6.45, 7) is 3.94. The normalized spacial score (nSPS) is 11.5. The second-order valence-electron chi connectivity index (χ2n) is 6.07. The maximum atomic E-state index is 12.7. The standard InChI is InChI=1S/C18H18N2O3/c1-10-5-6-16-13(7-10)17(22)14-8-12(15(21)9-20(3)4)11(2)19-18(14)23-16/h5-8H,9H2,1-4H3. The zero-order valence-corrected chi connectivity index (χ0v) is 13.6. The molecule has 0 amide bonds. The van der Waals surface area contributed by atoms with Gasteiger partial charge in [0, 0.05) is 5.56 Å². The van der Waals surface area contributed by atoms with Crippen LogP contribution in [0.25, 0.3) is 22.1 Å². The van der Waals surface area contributed by atoms with Gasteiger partial charge in [-0.1, -0.05) is 11.6 Å². The third kappa shape index (κ3) is 2.75. The predicted molar refractivity (Wildman–Crippen MR) is 90.1 cm³/mol. The highest BCUT2D eigenvalue weighted by molar-refractivity contribution is 6.01. The molecule has 2 heterocycles. The molecule has 0 radical (unpaired) electrons. The average Bonchev–Trinajstić information content (AvgIpc) is 2.47. The first-order valence-electron chi connectivity index (χ1n) is 7.39. The Morgan fingerprint density at radius 1 is 1.17 bits per heavy atom. The SMILES string of the molecule is Cc1ccc2oc3nc(C)c(C(=O)CN(C)C)cc3c(=O)c2c1. The van der Waals surface area contributed by atoms with Gasteiger partial charge in [0.15, 0.2) is 5.78 Å². The molecule has 0 spiro atoms. The van der Waals surface area contributed by atoms with Crippen molar-refractivity contribution >= 4 is 27.9 Å². The molecule has 0 aliphatic carbocycles. The molecule has 0 saturated heterocycles. The van der Waals surface area contributed by atoms with Crippen molar-refractivity contribution in [3.8, 4) is 0 Å². The average molecular weight is 310 g/mol. The monoisotopic (exact) mass is 310 g/mol. The summed E-state index contributed by atoms with van der Waals surface area (Å²) in [6, 6.07) is 7.06. The molecule has 23 heavy (non-hydrogen) atoms.